The third kappa shape index (κ3) is 7.22. The summed E-state index contributed by atoms with van der Waals surface area (Å²) in [5, 5.41) is 29.9. The van der Waals surface area contributed by atoms with Gasteiger partial charge in [-0.3, -0.25) is 0 Å². The molecule has 0 bridgehead atoms. The second-order valence-corrected chi connectivity index (χ2v) is 5.24. The van der Waals surface area contributed by atoms with Crippen molar-refractivity contribution in [1.29, 1.82) is 0 Å². The molecule has 0 aliphatic heterocycles. The predicted molar refractivity (Wildman–Crippen MR) is 89.8 cm³/mol. The molecule has 0 amide bonds. The van der Waals surface area contributed by atoms with E-state index in [1.165, 1.54) is 0 Å². The third-order valence-corrected chi connectivity index (χ3v) is 2.87. The molecule has 2 aromatic rings. The minimum absolute atomic E-state index is 0.328. The van der Waals surface area contributed by atoms with Crippen LogP contribution in [0.5, 0.6) is 5.75 Å². The summed E-state index contributed by atoms with van der Waals surface area (Å²) >= 11 is 0. The molecule has 2 aromatic carbocycles. The van der Waals surface area contributed by atoms with Crippen molar-refractivity contribution in [1.82, 2.24) is 5.32 Å². The quantitative estimate of drug-likeness (QED) is 0.684. The fourth-order valence-corrected chi connectivity index (χ4v) is 1.84. The van der Waals surface area contributed by atoms with Crippen LogP contribution in [0.15, 0.2) is 54.6 Å². The van der Waals surface area contributed by atoms with Gasteiger partial charge in [-0.2, -0.15) is 0 Å². The van der Waals surface area contributed by atoms with E-state index in [-0.39, 0.29) is 12.2 Å². The summed E-state index contributed by atoms with van der Waals surface area (Å²) in [7, 11) is 0. The van der Waals surface area contributed by atoms with Gasteiger partial charge in [0.1, 0.15) is 5.75 Å². The van der Waals surface area contributed by atoms with E-state index >= 15 is 0 Å². The average molecular weight is 303 g/mol. The van der Waals surface area contributed by atoms with Crippen LogP contribution >= 0.6 is 0 Å². The monoisotopic (exact) mass is 303 g/mol. The van der Waals surface area contributed by atoms with Gasteiger partial charge in [0.05, 0.1) is 12.2 Å². The van der Waals surface area contributed by atoms with Crippen LogP contribution in [0.25, 0.3) is 11.1 Å². The summed E-state index contributed by atoms with van der Waals surface area (Å²) < 4.78 is 0. The van der Waals surface area contributed by atoms with Crippen molar-refractivity contribution in [2.45, 2.75) is 26.1 Å². The van der Waals surface area contributed by atoms with Gasteiger partial charge in [0.15, 0.2) is 0 Å². The molecule has 4 N–H and O–H groups in total. The van der Waals surface area contributed by atoms with E-state index in [2.05, 4.69) is 5.32 Å². The highest BCUT2D eigenvalue weighted by Gasteiger charge is 2.00. The molecule has 120 valence electrons. The summed E-state index contributed by atoms with van der Waals surface area (Å²) in [5.74, 6) is 0.328. The molecule has 2 rings (SSSR count). The highest BCUT2D eigenvalue weighted by atomic mass is 16.3. The first-order chi connectivity index (χ1) is 10.5. The number of hydrogen-bond acceptors (Lipinski definition) is 4. The lowest BCUT2D eigenvalue weighted by atomic mass is 10.1. The maximum absolute atomic E-state index is 9.56. The second kappa shape index (κ2) is 9.95. The largest absolute Gasteiger partial charge is 0.507 e. The van der Waals surface area contributed by atoms with Gasteiger partial charge in [-0.05, 0) is 25.5 Å². The van der Waals surface area contributed by atoms with Crippen molar-refractivity contribution >= 4 is 0 Å². The first kappa shape index (κ1) is 18.2. The number of nitrogens with one attached hydrogen (secondary N) is 1. The minimum atomic E-state index is -0.330. The van der Waals surface area contributed by atoms with E-state index in [0.717, 1.165) is 11.1 Å². The van der Waals surface area contributed by atoms with Crippen molar-refractivity contribution in [2.75, 3.05) is 13.1 Å². The van der Waals surface area contributed by atoms with Crippen LogP contribution in [0.4, 0.5) is 0 Å². The molecule has 0 radical (unpaired) electrons. The van der Waals surface area contributed by atoms with E-state index in [0.29, 0.717) is 18.8 Å². The normalized spacial score (nSPS) is 12.9. The van der Waals surface area contributed by atoms with Gasteiger partial charge >= 0.3 is 0 Å². The number of aromatic hydroxyl groups is 1. The molecular formula is C18H25NO3. The molecule has 0 heterocycles. The van der Waals surface area contributed by atoms with Crippen LogP contribution in [0.2, 0.25) is 0 Å². The zero-order valence-corrected chi connectivity index (χ0v) is 13.1. The Balaban J connectivity index is 0.000000239. The number of hydrogen-bond donors (Lipinski definition) is 4. The molecule has 0 saturated heterocycles. The van der Waals surface area contributed by atoms with E-state index in [9.17, 15) is 5.11 Å². The Bertz CT molecular complexity index is 519. The Hall–Kier alpha value is -1.88. The van der Waals surface area contributed by atoms with Crippen LogP contribution in [0, 0.1) is 0 Å². The van der Waals surface area contributed by atoms with Crippen LogP contribution in [0.1, 0.15) is 13.8 Å². The fourth-order valence-electron chi connectivity index (χ4n) is 1.84. The molecular weight excluding hydrogens is 278 g/mol. The average Bonchev–Trinajstić information content (AvgIpc) is 2.48. The first-order valence-corrected chi connectivity index (χ1v) is 7.41. The van der Waals surface area contributed by atoms with Gasteiger partial charge in [0, 0.05) is 18.7 Å². The van der Waals surface area contributed by atoms with Gasteiger partial charge in [-0.1, -0.05) is 48.5 Å². The highest BCUT2D eigenvalue weighted by molar-refractivity contribution is 5.69. The smallest absolute Gasteiger partial charge is 0.123 e. The Morgan fingerprint density at radius 3 is 1.82 bits per heavy atom. The van der Waals surface area contributed by atoms with Crippen molar-refractivity contribution in [3.05, 3.63) is 54.6 Å². The summed E-state index contributed by atoms with van der Waals surface area (Å²) in [5.41, 5.74) is 1.92. The number of aliphatic hydroxyl groups excluding tert-OH is 2. The number of phenolic OH excluding ortho intramolecular Hbond substituents is 1. The maximum atomic E-state index is 9.56. The van der Waals surface area contributed by atoms with Crippen molar-refractivity contribution < 1.29 is 15.3 Å². The SMILES string of the molecule is CC(O)CNCC(C)O.Oc1ccccc1-c1ccccc1. The third-order valence-electron chi connectivity index (χ3n) is 2.87. The number of aliphatic hydroxyl groups is 2. The number of para-hydroxylation sites is 1. The lowest BCUT2D eigenvalue weighted by Crippen LogP contribution is -2.30. The molecule has 0 aliphatic rings. The van der Waals surface area contributed by atoms with E-state index in [1.807, 2.05) is 48.5 Å². The van der Waals surface area contributed by atoms with Gasteiger partial charge in [-0.25, -0.2) is 0 Å². The molecule has 0 spiro atoms. The lowest BCUT2D eigenvalue weighted by molar-refractivity contribution is 0.164. The zero-order chi connectivity index (χ0) is 16.4. The molecule has 0 aromatic heterocycles. The number of benzene rings is 2. The van der Waals surface area contributed by atoms with Crippen molar-refractivity contribution in [2.24, 2.45) is 0 Å². The molecule has 2 atom stereocenters. The molecule has 22 heavy (non-hydrogen) atoms. The van der Waals surface area contributed by atoms with E-state index in [1.54, 1.807) is 19.9 Å². The number of phenols is 1. The van der Waals surface area contributed by atoms with Crippen molar-refractivity contribution in [3.8, 4) is 16.9 Å². The molecule has 0 aliphatic carbocycles. The first-order valence-electron chi connectivity index (χ1n) is 7.41. The van der Waals surface area contributed by atoms with Gasteiger partial charge in [-0.15, -0.1) is 0 Å². The zero-order valence-electron chi connectivity index (χ0n) is 13.1. The van der Waals surface area contributed by atoms with E-state index in [4.69, 9.17) is 10.2 Å². The van der Waals surface area contributed by atoms with Crippen molar-refractivity contribution in [3.63, 3.8) is 0 Å². The summed E-state index contributed by atoms with van der Waals surface area (Å²) in [6, 6.07) is 17.2. The predicted octanol–water partition coefficient (Wildman–Crippen LogP) is 2.40. The van der Waals surface area contributed by atoms with Crippen LogP contribution in [-0.4, -0.2) is 40.6 Å². The van der Waals surface area contributed by atoms with E-state index < -0.39 is 0 Å². The van der Waals surface area contributed by atoms with Gasteiger partial charge < -0.3 is 20.6 Å². The Morgan fingerprint density at radius 1 is 0.818 bits per heavy atom. The Labute approximate surface area is 132 Å². The minimum Gasteiger partial charge on any atom is -0.507 e. The lowest BCUT2D eigenvalue weighted by Gasteiger charge is -2.07. The van der Waals surface area contributed by atoms with Crippen LogP contribution in [0.3, 0.4) is 0 Å². The molecule has 0 saturated carbocycles. The second-order valence-electron chi connectivity index (χ2n) is 5.24. The topological polar surface area (TPSA) is 72.7 Å². The van der Waals surface area contributed by atoms with Gasteiger partial charge in [0.25, 0.3) is 0 Å². The Kier molecular flexibility index (Phi) is 8.22. The molecule has 4 nitrogen and oxygen atoms in total. The highest BCUT2D eigenvalue weighted by Crippen LogP contribution is 2.27. The van der Waals surface area contributed by atoms with Gasteiger partial charge in [0.2, 0.25) is 0 Å². The standard InChI is InChI=1S/C12H10O.C6H15NO2/c13-12-9-5-4-8-11(12)10-6-2-1-3-7-10;1-5(8)3-7-4-6(2)9/h1-9,13H;5-9H,3-4H2,1-2H3. The molecule has 4 heteroatoms. The molecule has 2 unspecified atom stereocenters. The molecule has 0 fully saturated rings. The van der Waals surface area contributed by atoms with Crippen LogP contribution in [-0.2, 0) is 0 Å². The fraction of sp³-hybridized carbons (Fsp3) is 0.333. The van der Waals surface area contributed by atoms with Crippen LogP contribution < -0.4 is 5.32 Å². The number of rotatable bonds is 5. The summed E-state index contributed by atoms with van der Waals surface area (Å²) in [6.45, 7) is 4.50. The maximum Gasteiger partial charge on any atom is 0.123 e. The summed E-state index contributed by atoms with van der Waals surface area (Å²) in [4.78, 5) is 0. The Morgan fingerprint density at radius 2 is 1.32 bits per heavy atom. The summed E-state index contributed by atoms with van der Waals surface area (Å²) in [6.07, 6.45) is -0.660.